The van der Waals surface area contributed by atoms with Crippen molar-refractivity contribution in [2.24, 2.45) is 5.92 Å². The molecule has 1 aliphatic carbocycles. The second-order valence-electron chi connectivity index (χ2n) is 8.23. The number of rotatable bonds is 6. The fourth-order valence-corrected chi connectivity index (χ4v) is 3.86. The predicted octanol–water partition coefficient (Wildman–Crippen LogP) is 2.41. The van der Waals surface area contributed by atoms with E-state index in [4.69, 9.17) is 0 Å². The van der Waals surface area contributed by atoms with Gasteiger partial charge in [0.1, 0.15) is 6.04 Å². The highest BCUT2D eigenvalue weighted by Gasteiger charge is 2.36. The molecule has 1 fully saturated rings. The van der Waals surface area contributed by atoms with Crippen LogP contribution in [-0.2, 0) is 22.6 Å². The smallest absolute Gasteiger partial charge is 0.243 e. The lowest BCUT2D eigenvalue weighted by atomic mass is 9.78. The number of hydrogen-bond donors (Lipinski definition) is 2. The van der Waals surface area contributed by atoms with Crippen molar-refractivity contribution in [2.75, 3.05) is 6.54 Å². The summed E-state index contributed by atoms with van der Waals surface area (Å²) in [5.41, 5.74) is 1.66. The molecule has 1 saturated carbocycles. The first kappa shape index (κ1) is 18.9. The second kappa shape index (κ2) is 7.78. The quantitative estimate of drug-likeness (QED) is 0.820. The number of hydrogen-bond acceptors (Lipinski definition) is 3. The first-order valence-corrected chi connectivity index (χ1v) is 9.74. The molecule has 26 heavy (non-hydrogen) atoms. The van der Waals surface area contributed by atoms with Crippen LogP contribution in [0.1, 0.15) is 57.1 Å². The van der Waals surface area contributed by atoms with Gasteiger partial charge in [-0.1, -0.05) is 38.1 Å². The number of nitrogens with zero attached hydrogens (tertiary/aromatic N) is 1. The van der Waals surface area contributed by atoms with Gasteiger partial charge in [-0.15, -0.1) is 0 Å². The van der Waals surface area contributed by atoms with E-state index >= 15 is 0 Å². The number of nitrogens with one attached hydrogen (secondary N) is 1. The Hall–Kier alpha value is -1.88. The minimum Gasteiger partial charge on any atom is -0.390 e. The van der Waals surface area contributed by atoms with Crippen molar-refractivity contribution in [1.29, 1.82) is 0 Å². The molecule has 0 spiro atoms. The summed E-state index contributed by atoms with van der Waals surface area (Å²) in [6.45, 7) is 4.98. The van der Waals surface area contributed by atoms with Crippen LogP contribution < -0.4 is 5.32 Å². The van der Waals surface area contributed by atoms with E-state index in [1.807, 2.05) is 38.1 Å². The fraction of sp³-hybridized carbons (Fsp3) is 0.619. The van der Waals surface area contributed by atoms with Crippen LogP contribution in [-0.4, -0.2) is 40.0 Å². The molecule has 0 bridgehead atoms. The largest absolute Gasteiger partial charge is 0.390 e. The van der Waals surface area contributed by atoms with Gasteiger partial charge in [0.2, 0.25) is 11.8 Å². The van der Waals surface area contributed by atoms with Crippen molar-refractivity contribution >= 4 is 11.8 Å². The second-order valence-corrected chi connectivity index (χ2v) is 8.23. The Kier molecular flexibility index (Phi) is 5.66. The number of aliphatic hydroxyl groups is 1. The zero-order valence-electron chi connectivity index (χ0n) is 15.8. The van der Waals surface area contributed by atoms with Gasteiger partial charge in [0.15, 0.2) is 0 Å². The van der Waals surface area contributed by atoms with Crippen LogP contribution in [0.4, 0.5) is 0 Å². The number of benzene rings is 1. The van der Waals surface area contributed by atoms with Crippen molar-refractivity contribution < 1.29 is 14.7 Å². The van der Waals surface area contributed by atoms with Crippen LogP contribution in [0, 0.1) is 5.92 Å². The van der Waals surface area contributed by atoms with E-state index in [1.54, 1.807) is 4.90 Å². The van der Waals surface area contributed by atoms with Crippen LogP contribution in [0.25, 0.3) is 0 Å². The van der Waals surface area contributed by atoms with E-state index in [0.717, 1.165) is 30.4 Å². The third-order valence-electron chi connectivity index (χ3n) is 5.63. The third kappa shape index (κ3) is 4.26. The average molecular weight is 358 g/mol. The highest BCUT2D eigenvalue weighted by Crippen LogP contribution is 2.34. The molecule has 1 atom stereocenters. The molecule has 2 N–H and O–H groups in total. The van der Waals surface area contributed by atoms with Gasteiger partial charge in [0, 0.05) is 25.9 Å². The molecule has 1 aliphatic heterocycles. The molecule has 2 aliphatic rings. The summed E-state index contributed by atoms with van der Waals surface area (Å²) in [5, 5.41) is 13.1. The van der Waals surface area contributed by atoms with Gasteiger partial charge in [0.05, 0.1) is 5.60 Å². The molecule has 0 saturated heterocycles. The summed E-state index contributed by atoms with van der Waals surface area (Å²) in [5.74, 6) is 0.183. The van der Waals surface area contributed by atoms with Crippen molar-refractivity contribution in [3.63, 3.8) is 0 Å². The Bertz CT molecular complexity index is 667. The summed E-state index contributed by atoms with van der Waals surface area (Å²) < 4.78 is 0. The Morgan fingerprint density at radius 1 is 1.27 bits per heavy atom. The van der Waals surface area contributed by atoms with Crippen LogP contribution in [0.5, 0.6) is 0 Å². The van der Waals surface area contributed by atoms with Crippen LogP contribution in [0.15, 0.2) is 24.3 Å². The molecule has 142 valence electrons. The molecule has 1 heterocycles. The first-order valence-electron chi connectivity index (χ1n) is 9.74. The fourth-order valence-electron chi connectivity index (χ4n) is 3.86. The lowest BCUT2D eigenvalue weighted by Crippen LogP contribution is -2.53. The molecule has 0 radical (unpaired) electrons. The minimum absolute atomic E-state index is 0.0345. The van der Waals surface area contributed by atoms with Crippen molar-refractivity contribution in [3.8, 4) is 0 Å². The maximum atomic E-state index is 12.8. The summed E-state index contributed by atoms with van der Waals surface area (Å²) in [7, 11) is 0. The van der Waals surface area contributed by atoms with E-state index in [0.29, 0.717) is 32.4 Å². The topological polar surface area (TPSA) is 69.6 Å². The standard InChI is InChI=1S/C21H30N2O3/c1-15(2)12-19(24)23-14-17-7-4-3-6-16(17)13-18(23)20(25)22-11-10-21(26)8-5-9-21/h3-4,6-7,15,18,26H,5,8-14H2,1-2H3,(H,22,25). The van der Waals surface area contributed by atoms with Gasteiger partial charge in [-0.2, -0.15) is 0 Å². The molecular weight excluding hydrogens is 328 g/mol. The molecule has 1 aromatic rings. The minimum atomic E-state index is -0.598. The number of carbonyl (C=O) groups excluding carboxylic acids is 2. The molecule has 2 amide bonds. The summed E-state index contributed by atoms with van der Waals surface area (Å²) in [4.78, 5) is 27.3. The third-order valence-corrected chi connectivity index (χ3v) is 5.63. The molecule has 5 nitrogen and oxygen atoms in total. The van der Waals surface area contributed by atoms with Crippen molar-refractivity contribution in [2.45, 2.75) is 70.6 Å². The average Bonchev–Trinajstić information content (AvgIpc) is 2.58. The summed E-state index contributed by atoms with van der Waals surface area (Å²) in [6, 6.07) is 7.56. The van der Waals surface area contributed by atoms with E-state index < -0.39 is 11.6 Å². The number of amides is 2. The molecule has 0 aromatic heterocycles. The number of carbonyl (C=O) groups is 2. The molecule has 3 rings (SSSR count). The molecule has 5 heteroatoms. The lowest BCUT2D eigenvalue weighted by molar-refractivity contribution is -0.142. The zero-order chi connectivity index (χ0) is 18.7. The maximum absolute atomic E-state index is 12.8. The SMILES string of the molecule is CC(C)CC(=O)N1Cc2ccccc2CC1C(=O)NCCC1(O)CCC1. The highest BCUT2D eigenvalue weighted by atomic mass is 16.3. The Balaban J connectivity index is 1.68. The maximum Gasteiger partial charge on any atom is 0.243 e. The predicted molar refractivity (Wildman–Crippen MR) is 100 cm³/mol. The van der Waals surface area contributed by atoms with E-state index in [2.05, 4.69) is 5.32 Å². The first-order chi connectivity index (χ1) is 12.4. The van der Waals surface area contributed by atoms with Crippen LogP contribution in [0.2, 0.25) is 0 Å². The Morgan fingerprint density at radius 3 is 2.58 bits per heavy atom. The van der Waals surface area contributed by atoms with Gasteiger partial charge in [-0.05, 0) is 42.7 Å². The molecule has 1 aromatic carbocycles. The Labute approximate surface area is 155 Å². The van der Waals surface area contributed by atoms with Gasteiger partial charge >= 0.3 is 0 Å². The van der Waals surface area contributed by atoms with Gasteiger partial charge in [-0.25, -0.2) is 0 Å². The van der Waals surface area contributed by atoms with Gasteiger partial charge < -0.3 is 15.3 Å². The normalized spacial score (nSPS) is 21.1. The van der Waals surface area contributed by atoms with Crippen LogP contribution in [0.3, 0.4) is 0 Å². The van der Waals surface area contributed by atoms with E-state index in [9.17, 15) is 14.7 Å². The monoisotopic (exact) mass is 358 g/mol. The van der Waals surface area contributed by atoms with Crippen molar-refractivity contribution in [1.82, 2.24) is 10.2 Å². The van der Waals surface area contributed by atoms with Crippen molar-refractivity contribution in [3.05, 3.63) is 35.4 Å². The lowest BCUT2D eigenvalue weighted by Gasteiger charge is -2.38. The summed E-state index contributed by atoms with van der Waals surface area (Å²) >= 11 is 0. The zero-order valence-corrected chi connectivity index (χ0v) is 15.8. The van der Waals surface area contributed by atoms with E-state index in [1.165, 1.54) is 0 Å². The summed E-state index contributed by atoms with van der Waals surface area (Å²) in [6.07, 6.45) is 4.28. The van der Waals surface area contributed by atoms with Gasteiger partial charge in [-0.3, -0.25) is 9.59 Å². The number of fused-ring (bicyclic) bond motifs is 1. The van der Waals surface area contributed by atoms with Crippen LogP contribution >= 0.6 is 0 Å². The Morgan fingerprint density at radius 2 is 1.96 bits per heavy atom. The molecule has 1 unspecified atom stereocenters. The molecular formula is C21H30N2O3. The highest BCUT2D eigenvalue weighted by molar-refractivity contribution is 5.88. The van der Waals surface area contributed by atoms with E-state index in [-0.39, 0.29) is 17.7 Å². The van der Waals surface area contributed by atoms with Gasteiger partial charge in [0.25, 0.3) is 0 Å².